The normalized spacial score (nSPS) is 13.9. The van der Waals surface area contributed by atoms with Gasteiger partial charge in [-0.3, -0.25) is 9.59 Å². The van der Waals surface area contributed by atoms with Crippen LogP contribution in [-0.4, -0.2) is 71.8 Å². The summed E-state index contributed by atoms with van der Waals surface area (Å²) in [5.74, 6) is -0.731. The fourth-order valence-corrected chi connectivity index (χ4v) is 6.28. The Morgan fingerprint density at radius 1 is 0.978 bits per heavy atom. The number of hydrogen-bond acceptors (Lipinski definition) is 6. The zero-order valence-corrected chi connectivity index (χ0v) is 30.8. The first-order valence-corrected chi connectivity index (χ1v) is 15.3. The maximum absolute atomic E-state index is 13.4. The number of ether oxygens (including phenoxy) is 1. The van der Waals surface area contributed by atoms with E-state index in [2.05, 4.69) is 6.07 Å². The molecule has 4 aromatic carbocycles. The van der Waals surface area contributed by atoms with Crippen LogP contribution >= 0.6 is 35.6 Å². The van der Waals surface area contributed by atoms with Gasteiger partial charge in [0.15, 0.2) is 11.4 Å². The summed E-state index contributed by atoms with van der Waals surface area (Å²) in [5, 5.41) is 10.4. The first-order valence-electron chi connectivity index (χ1n) is 13.1. The van der Waals surface area contributed by atoms with Gasteiger partial charge in [0, 0.05) is 10.6 Å². The van der Waals surface area contributed by atoms with Gasteiger partial charge in [0.2, 0.25) is 10.0 Å². The molecular weight excluding hydrogens is 751 g/mol. The van der Waals surface area contributed by atoms with Crippen molar-refractivity contribution in [3.05, 3.63) is 130 Å². The molecule has 4 aromatic rings. The van der Waals surface area contributed by atoms with Gasteiger partial charge in [0.1, 0.15) is 11.8 Å². The Hall–Kier alpha value is -2.19. The van der Waals surface area contributed by atoms with Gasteiger partial charge in [-0.15, -0.1) is 24.0 Å². The van der Waals surface area contributed by atoms with Gasteiger partial charge >= 0.3 is 29.0 Å². The number of rotatable bonds is 9. The second kappa shape index (κ2) is 18.4. The number of sulfonamides is 1. The Balaban J connectivity index is 0.000000938. The van der Waals surface area contributed by atoms with Crippen molar-refractivity contribution >= 4 is 80.4 Å². The smallest absolute Gasteiger partial charge is 1.00 e. The molecule has 1 saturated heterocycles. The van der Waals surface area contributed by atoms with E-state index in [0.29, 0.717) is 21.9 Å². The molecule has 1 fully saturated rings. The zero-order valence-electron chi connectivity index (χ0n) is 24.6. The van der Waals surface area contributed by atoms with Crippen molar-refractivity contribution in [2.45, 2.75) is 29.9 Å². The maximum atomic E-state index is 13.4. The minimum Gasteiger partial charge on any atom is -1.00 e. The van der Waals surface area contributed by atoms with E-state index in [1.807, 2.05) is 0 Å². The molecule has 0 bridgehead atoms. The van der Waals surface area contributed by atoms with Crippen molar-refractivity contribution in [1.82, 2.24) is 4.31 Å². The number of benzene rings is 4. The Kier molecular flexibility index (Phi) is 16.7. The molecular formula is C32H30BrCl3MgN2O6S. The SMILES string of the molecule is CC(=O)c1ccc(OC2(c3ccc(Cl)cc3)CN(S(=O)(=O)c3cccc(C[C@H](N)C(=O)O)c3)C2)cc1.Cl.Clc1cc[c-]cc1.[Br-].[Mg+2]. The number of aliphatic carboxylic acids is 1. The largest absolute Gasteiger partial charge is 2.00 e. The van der Waals surface area contributed by atoms with Crippen molar-refractivity contribution in [2.75, 3.05) is 13.1 Å². The van der Waals surface area contributed by atoms with Gasteiger partial charge in [0.25, 0.3) is 0 Å². The molecule has 5 rings (SSSR count). The van der Waals surface area contributed by atoms with E-state index in [4.69, 9.17) is 38.8 Å². The Morgan fingerprint density at radius 3 is 2.04 bits per heavy atom. The molecule has 1 aliphatic rings. The number of carbonyl (C=O) groups is 2. The molecule has 8 nitrogen and oxygen atoms in total. The van der Waals surface area contributed by atoms with Crippen LogP contribution in [0.5, 0.6) is 5.75 Å². The number of carboxylic acid groups (broad SMARTS) is 1. The Bertz CT molecular complexity index is 1690. The Morgan fingerprint density at radius 2 is 1.54 bits per heavy atom. The van der Waals surface area contributed by atoms with E-state index in [1.165, 1.54) is 23.4 Å². The standard InChI is InChI=1S/C26H25ClN2O6S.C6H4Cl.BrH.ClH.Mg/c1-17(30)19-5-11-22(12-6-19)35-26(20-7-9-21(27)10-8-20)15-29(16-26)36(33,34)23-4-2-3-18(13-23)14-24(28)25(31)32;7-6-4-2-1-3-5-6;;;/h2-13,24H,14-16,28H2,1H3,(H,31,32);2-5H;2*1H;/q;-1;;;+2/p-1/t24-;;;;/m0..../s1. The van der Waals surface area contributed by atoms with Crippen LogP contribution in [0.4, 0.5) is 0 Å². The third kappa shape index (κ3) is 10.7. The summed E-state index contributed by atoms with van der Waals surface area (Å²) in [7, 11) is -3.88. The van der Waals surface area contributed by atoms with Crippen LogP contribution in [-0.2, 0) is 26.8 Å². The van der Waals surface area contributed by atoms with Crippen LogP contribution in [0.1, 0.15) is 28.4 Å². The van der Waals surface area contributed by atoms with Crippen LogP contribution in [0.25, 0.3) is 0 Å². The summed E-state index contributed by atoms with van der Waals surface area (Å²) < 4.78 is 34.4. The second-order valence-corrected chi connectivity index (χ2v) is 12.8. The number of nitrogens with two attached hydrogens (primary N) is 1. The van der Waals surface area contributed by atoms with Crippen molar-refractivity contribution < 1.29 is 44.8 Å². The molecule has 0 amide bonds. The van der Waals surface area contributed by atoms with E-state index in [1.54, 1.807) is 84.9 Å². The third-order valence-corrected chi connectivity index (χ3v) is 9.09. The molecule has 240 valence electrons. The van der Waals surface area contributed by atoms with E-state index in [-0.39, 0.29) is 82.6 Å². The van der Waals surface area contributed by atoms with Crippen molar-refractivity contribution in [1.29, 1.82) is 0 Å². The molecule has 0 spiro atoms. The predicted octanol–water partition coefficient (Wildman–Crippen LogP) is 2.66. The summed E-state index contributed by atoms with van der Waals surface area (Å²) in [6, 6.07) is 28.7. The van der Waals surface area contributed by atoms with Crippen molar-refractivity contribution in [3.63, 3.8) is 0 Å². The molecule has 3 N–H and O–H groups in total. The minimum atomic E-state index is -3.88. The first-order chi connectivity index (χ1) is 20.4. The molecule has 1 heterocycles. The third-order valence-electron chi connectivity index (χ3n) is 6.79. The quantitative estimate of drug-likeness (QED) is 0.152. The average molecular weight is 781 g/mol. The van der Waals surface area contributed by atoms with Crippen LogP contribution in [0.3, 0.4) is 0 Å². The van der Waals surface area contributed by atoms with E-state index >= 15 is 0 Å². The second-order valence-electron chi connectivity index (χ2n) is 9.97. The number of ketones is 1. The van der Waals surface area contributed by atoms with Gasteiger partial charge in [-0.1, -0.05) is 40.9 Å². The number of carboxylic acids is 1. The van der Waals surface area contributed by atoms with Crippen LogP contribution < -0.4 is 27.5 Å². The summed E-state index contributed by atoms with van der Waals surface area (Å²) in [6.45, 7) is 1.57. The molecule has 0 saturated carbocycles. The maximum Gasteiger partial charge on any atom is 2.00 e. The molecule has 0 radical (unpaired) electrons. The summed E-state index contributed by atoms with van der Waals surface area (Å²) in [6.07, 6.45) is 0.00672. The minimum absolute atomic E-state index is 0. The molecule has 1 atom stereocenters. The summed E-state index contributed by atoms with van der Waals surface area (Å²) in [4.78, 5) is 22.7. The van der Waals surface area contributed by atoms with Gasteiger partial charge in [0.05, 0.1) is 18.0 Å². The number of hydrogen-bond donors (Lipinski definition) is 2. The van der Waals surface area contributed by atoms with Crippen molar-refractivity contribution in [3.8, 4) is 5.75 Å². The molecule has 0 unspecified atom stereocenters. The van der Waals surface area contributed by atoms with Gasteiger partial charge in [-0.25, -0.2) is 8.42 Å². The van der Waals surface area contributed by atoms with E-state index in [0.717, 1.165) is 10.6 Å². The van der Waals surface area contributed by atoms with Crippen LogP contribution in [0.2, 0.25) is 10.0 Å². The summed E-state index contributed by atoms with van der Waals surface area (Å²) in [5.41, 5.74) is 6.47. The monoisotopic (exact) mass is 778 g/mol. The number of carbonyl (C=O) groups excluding carboxylic acids is 1. The fourth-order valence-electron chi connectivity index (χ4n) is 4.43. The van der Waals surface area contributed by atoms with E-state index in [9.17, 15) is 18.0 Å². The number of nitrogens with zero attached hydrogens (tertiary/aromatic N) is 1. The van der Waals surface area contributed by atoms with Crippen LogP contribution in [0.15, 0.2) is 102 Å². The number of halogens is 4. The summed E-state index contributed by atoms with van der Waals surface area (Å²) >= 11 is 11.6. The Labute approximate surface area is 311 Å². The average Bonchev–Trinajstić information content (AvgIpc) is 2.96. The van der Waals surface area contributed by atoms with Gasteiger partial charge in [-0.05, 0) is 73.0 Å². The topological polar surface area (TPSA) is 127 Å². The molecule has 14 heteroatoms. The number of Topliss-reactive ketones (excluding diaryl/α,β-unsaturated/α-hetero) is 1. The fraction of sp³-hybridized carbons (Fsp3) is 0.188. The van der Waals surface area contributed by atoms with Crippen LogP contribution in [0, 0.1) is 6.07 Å². The van der Waals surface area contributed by atoms with Gasteiger partial charge in [-0.2, -0.15) is 34.6 Å². The molecule has 0 aliphatic carbocycles. The van der Waals surface area contributed by atoms with Gasteiger partial charge < -0.3 is 32.6 Å². The predicted molar refractivity (Wildman–Crippen MR) is 178 cm³/mol. The first kappa shape index (κ1) is 41.8. The zero-order chi connectivity index (χ0) is 31.2. The van der Waals surface area contributed by atoms with Crippen molar-refractivity contribution in [2.24, 2.45) is 5.73 Å². The molecule has 46 heavy (non-hydrogen) atoms. The van der Waals surface area contributed by atoms with E-state index < -0.39 is 27.6 Å². The molecule has 0 aromatic heterocycles. The molecule has 1 aliphatic heterocycles.